The number of hydrogen-bond acceptors (Lipinski definition) is 2. The lowest BCUT2D eigenvalue weighted by Gasteiger charge is -2.19. The molecule has 0 aromatic heterocycles. The second kappa shape index (κ2) is 6.34. The van der Waals surface area contributed by atoms with Gasteiger partial charge in [-0.1, -0.05) is 34.1 Å². The fourth-order valence-electron chi connectivity index (χ4n) is 2.26. The van der Waals surface area contributed by atoms with E-state index in [1.807, 2.05) is 36.2 Å². The first-order chi connectivity index (χ1) is 8.66. The Morgan fingerprint density at radius 3 is 2.94 bits per heavy atom. The van der Waals surface area contributed by atoms with Gasteiger partial charge in [0.25, 0.3) is 0 Å². The SMILES string of the molecule is CN(Cc1ccccc1Br)C(=O)C[C@@H]1CCNC1. The molecule has 1 aliphatic rings. The average Bonchev–Trinajstić information content (AvgIpc) is 2.84. The first-order valence-corrected chi connectivity index (χ1v) is 7.14. The second-order valence-corrected chi connectivity index (χ2v) is 5.76. The van der Waals surface area contributed by atoms with E-state index in [-0.39, 0.29) is 5.91 Å². The van der Waals surface area contributed by atoms with Crippen LogP contribution >= 0.6 is 15.9 Å². The van der Waals surface area contributed by atoms with Gasteiger partial charge in [-0.15, -0.1) is 0 Å². The van der Waals surface area contributed by atoms with Crippen LogP contribution in [0.1, 0.15) is 18.4 Å². The van der Waals surface area contributed by atoms with Gasteiger partial charge in [-0.3, -0.25) is 4.79 Å². The van der Waals surface area contributed by atoms with Gasteiger partial charge in [0.1, 0.15) is 0 Å². The number of halogens is 1. The van der Waals surface area contributed by atoms with E-state index in [1.54, 1.807) is 0 Å². The predicted octanol–water partition coefficient (Wildman–Crippen LogP) is 2.41. The van der Waals surface area contributed by atoms with Crippen LogP contribution in [0.5, 0.6) is 0 Å². The smallest absolute Gasteiger partial charge is 0.222 e. The summed E-state index contributed by atoms with van der Waals surface area (Å²) in [5, 5.41) is 3.30. The highest BCUT2D eigenvalue weighted by Crippen LogP contribution is 2.19. The summed E-state index contributed by atoms with van der Waals surface area (Å²) in [5.74, 6) is 0.749. The summed E-state index contributed by atoms with van der Waals surface area (Å²) < 4.78 is 1.06. The molecule has 0 bridgehead atoms. The van der Waals surface area contributed by atoms with E-state index in [4.69, 9.17) is 0 Å². The minimum Gasteiger partial charge on any atom is -0.341 e. The molecular formula is C14H19BrN2O. The number of carbonyl (C=O) groups excluding carboxylic acids is 1. The third-order valence-corrected chi connectivity index (χ3v) is 4.19. The van der Waals surface area contributed by atoms with Crippen LogP contribution in [0.15, 0.2) is 28.7 Å². The van der Waals surface area contributed by atoms with Crippen molar-refractivity contribution in [3.8, 4) is 0 Å². The Kier molecular flexibility index (Phi) is 4.78. The van der Waals surface area contributed by atoms with Crippen LogP contribution in [0.4, 0.5) is 0 Å². The van der Waals surface area contributed by atoms with E-state index in [2.05, 4.69) is 21.2 Å². The highest BCUT2D eigenvalue weighted by molar-refractivity contribution is 9.10. The maximum Gasteiger partial charge on any atom is 0.222 e. The fourth-order valence-corrected chi connectivity index (χ4v) is 2.67. The lowest BCUT2D eigenvalue weighted by molar-refractivity contribution is -0.131. The Labute approximate surface area is 117 Å². The topological polar surface area (TPSA) is 32.3 Å². The molecule has 1 amide bonds. The van der Waals surface area contributed by atoms with Crippen LogP contribution in [0.2, 0.25) is 0 Å². The number of amides is 1. The zero-order chi connectivity index (χ0) is 13.0. The predicted molar refractivity (Wildman–Crippen MR) is 76.2 cm³/mol. The number of hydrogen-bond donors (Lipinski definition) is 1. The van der Waals surface area contributed by atoms with Crippen molar-refractivity contribution < 1.29 is 4.79 Å². The van der Waals surface area contributed by atoms with Gasteiger partial charge in [0.05, 0.1) is 0 Å². The normalized spacial score (nSPS) is 18.9. The summed E-state index contributed by atoms with van der Waals surface area (Å²) in [4.78, 5) is 13.9. The lowest BCUT2D eigenvalue weighted by atomic mass is 10.0. The van der Waals surface area contributed by atoms with E-state index >= 15 is 0 Å². The highest BCUT2D eigenvalue weighted by atomic mass is 79.9. The summed E-state index contributed by atoms with van der Waals surface area (Å²) >= 11 is 3.51. The van der Waals surface area contributed by atoms with E-state index in [0.29, 0.717) is 18.9 Å². The molecule has 1 heterocycles. The Balaban J connectivity index is 1.89. The standard InChI is InChI=1S/C14H19BrN2O/c1-17(10-12-4-2-3-5-13(12)15)14(18)8-11-6-7-16-9-11/h2-5,11,16H,6-10H2,1H3/t11-/m0/s1. The molecule has 1 N–H and O–H groups in total. The number of rotatable bonds is 4. The summed E-state index contributed by atoms with van der Waals surface area (Å²) in [5.41, 5.74) is 1.15. The van der Waals surface area contributed by atoms with Crippen LogP contribution in [0, 0.1) is 5.92 Å². The Morgan fingerprint density at radius 1 is 1.50 bits per heavy atom. The van der Waals surface area contributed by atoms with Crippen molar-refractivity contribution in [2.24, 2.45) is 5.92 Å². The largest absolute Gasteiger partial charge is 0.341 e. The third-order valence-electron chi connectivity index (χ3n) is 3.42. The van der Waals surface area contributed by atoms with Crippen LogP contribution in [-0.2, 0) is 11.3 Å². The van der Waals surface area contributed by atoms with Gasteiger partial charge >= 0.3 is 0 Å². The summed E-state index contributed by atoms with van der Waals surface area (Å²) in [6.07, 6.45) is 1.78. The van der Waals surface area contributed by atoms with Gasteiger partial charge in [-0.2, -0.15) is 0 Å². The number of nitrogens with one attached hydrogen (secondary N) is 1. The van der Waals surface area contributed by atoms with Crippen molar-refractivity contribution >= 4 is 21.8 Å². The Morgan fingerprint density at radius 2 is 2.28 bits per heavy atom. The molecule has 1 fully saturated rings. The highest BCUT2D eigenvalue weighted by Gasteiger charge is 2.20. The van der Waals surface area contributed by atoms with E-state index in [9.17, 15) is 4.79 Å². The van der Waals surface area contributed by atoms with Crippen LogP contribution in [0.3, 0.4) is 0 Å². The zero-order valence-electron chi connectivity index (χ0n) is 10.7. The molecule has 0 unspecified atom stereocenters. The van der Waals surface area contributed by atoms with Crippen LogP contribution in [0.25, 0.3) is 0 Å². The molecule has 0 radical (unpaired) electrons. The first-order valence-electron chi connectivity index (χ1n) is 6.35. The Bertz CT molecular complexity index is 416. The van der Waals surface area contributed by atoms with Gasteiger partial charge in [0.15, 0.2) is 0 Å². The molecule has 3 nitrogen and oxygen atoms in total. The molecule has 1 aromatic rings. The summed E-state index contributed by atoms with van der Waals surface area (Å²) in [6, 6.07) is 8.04. The van der Waals surface area contributed by atoms with Crippen LogP contribution in [-0.4, -0.2) is 30.9 Å². The van der Waals surface area contributed by atoms with Gasteiger partial charge in [-0.05, 0) is 37.1 Å². The molecule has 1 saturated heterocycles. The molecule has 0 aliphatic carbocycles. The number of nitrogens with zero attached hydrogens (tertiary/aromatic N) is 1. The molecule has 1 aliphatic heterocycles. The first kappa shape index (κ1) is 13.6. The second-order valence-electron chi connectivity index (χ2n) is 4.90. The van der Waals surface area contributed by atoms with E-state index < -0.39 is 0 Å². The molecule has 4 heteroatoms. The van der Waals surface area contributed by atoms with Crippen molar-refractivity contribution in [2.75, 3.05) is 20.1 Å². The summed E-state index contributed by atoms with van der Waals surface area (Å²) in [7, 11) is 1.88. The average molecular weight is 311 g/mol. The Hall–Kier alpha value is -0.870. The number of carbonyl (C=O) groups is 1. The van der Waals surface area contributed by atoms with Crippen molar-refractivity contribution in [3.63, 3.8) is 0 Å². The van der Waals surface area contributed by atoms with Gasteiger partial charge in [-0.25, -0.2) is 0 Å². The van der Waals surface area contributed by atoms with Crippen molar-refractivity contribution in [1.29, 1.82) is 0 Å². The quantitative estimate of drug-likeness (QED) is 0.926. The van der Waals surface area contributed by atoms with Gasteiger partial charge < -0.3 is 10.2 Å². The minimum atomic E-state index is 0.236. The molecule has 18 heavy (non-hydrogen) atoms. The minimum absolute atomic E-state index is 0.236. The van der Waals surface area contributed by atoms with Crippen LogP contribution < -0.4 is 5.32 Å². The molecule has 1 aromatic carbocycles. The number of benzene rings is 1. The van der Waals surface area contributed by atoms with Crippen molar-refractivity contribution in [1.82, 2.24) is 10.2 Å². The monoisotopic (exact) mass is 310 g/mol. The van der Waals surface area contributed by atoms with E-state index in [1.165, 1.54) is 0 Å². The van der Waals surface area contributed by atoms with Gasteiger partial charge in [0, 0.05) is 24.5 Å². The molecule has 0 saturated carbocycles. The molecule has 0 spiro atoms. The van der Waals surface area contributed by atoms with Crippen molar-refractivity contribution in [2.45, 2.75) is 19.4 Å². The molecule has 2 rings (SSSR count). The molecule has 1 atom stereocenters. The maximum atomic E-state index is 12.1. The molecular weight excluding hydrogens is 292 g/mol. The fraction of sp³-hybridized carbons (Fsp3) is 0.500. The maximum absolute atomic E-state index is 12.1. The van der Waals surface area contributed by atoms with Crippen molar-refractivity contribution in [3.05, 3.63) is 34.3 Å². The van der Waals surface area contributed by atoms with E-state index in [0.717, 1.165) is 29.5 Å². The lowest BCUT2D eigenvalue weighted by Crippen LogP contribution is -2.28. The zero-order valence-corrected chi connectivity index (χ0v) is 12.2. The third kappa shape index (κ3) is 3.56. The van der Waals surface area contributed by atoms with Gasteiger partial charge in [0.2, 0.25) is 5.91 Å². The molecule has 98 valence electrons. The summed E-state index contributed by atoms with van der Waals surface area (Å²) in [6.45, 7) is 2.70.